The fraction of sp³-hybridized carbons (Fsp3) is 0.182. The lowest BCUT2D eigenvalue weighted by atomic mass is 10.1. The smallest absolute Gasteiger partial charge is 0.167 e. The van der Waals surface area contributed by atoms with Crippen LogP contribution in [-0.2, 0) is 13.2 Å². The summed E-state index contributed by atoms with van der Waals surface area (Å²) in [4.78, 5) is 0. The third-order valence-electron chi connectivity index (χ3n) is 4.05. The van der Waals surface area contributed by atoms with Crippen molar-refractivity contribution in [3.8, 4) is 17.2 Å². The van der Waals surface area contributed by atoms with Gasteiger partial charge in [-0.1, -0.05) is 60.7 Å². The second-order valence-electron chi connectivity index (χ2n) is 5.89. The molecule has 0 atom stereocenters. The van der Waals surface area contributed by atoms with E-state index in [4.69, 9.17) is 14.2 Å². The Kier molecular flexibility index (Phi) is 6.39. The Morgan fingerprint density at radius 3 is 1.85 bits per heavy atom. The van der Waals surface area contributed by atoms with Crippen molar-refractivity contribution in [2.24, 2.45) is 0 Å². The van der Waals surface area contributed by atoms with E-state index in [2.05, 4.69) is 34.7 Å². The average Bonchev–Trinajstić information content (AvgIpc) is 2.67. The Morgan fingerprint density at radius 1 is 0.769 bits per heavy atom. The highest BCUT2D eigenvalue weighted by atomic mass is 127. The average molecular weight is 460 g/mol. The lowest BCUT2D eigenvalue weighted by Crippen LogP contribution is -2.04. The fourth-order valence-electron chi connectivity index (χ4n) is 2.72. The number of hydrogen-bond acceptors (Lipinski definition) is 3. The third-order valence-corrected chi connectivity index (χ3v) is 4.85. The van der Waals surface area contributed by atoms with E-state index < -0.39 is 0 Å². The first-order valence-corrected chi connectivity index (χ1v) is 9.47. The van der Waals surface area contributed by atoms with Crippen LogP contribution in [0.1, 0.15) is 16.7 Å². The van der Waals surface area contributed by atoms with Gasteiger partial charge in [0.1, 0.15) is 19.0 Å². The zero-order chi connectivity index (χ0) is 18.4. The predicted molar refractivity (Wildman–Crippen MR) is 112 cm³/mol. The molecular weight excluding hydrogens is 439 g/mol. The molecule has 0 N–H and O–H groups in total. The molecule has 0 heterocycles. The van der Waals surface area contributed by atoms with Gasteiger partial charge in [-0.15, -0.1) is 0 Å². The van der Waals surface area contributed by atoms with Crippen LogP contribution in [0.2, 0.25) is 0 Å². The Bertz CT molecular complexity index is 848. The fourth-order valence-corrected chi connectivity index (χ4v) is 3.56. The maximum absolute atomic E-state index is 6.07. The van der Waals surface area contributed by atoms with Gasteiger partial charge in [0, 0.05) is 11.6 Å². The van der Waals surface area contributed by atoms with Crippen molar-refractivity contribution in [2.75, 3.05) is 7.11 Å². The van der Waals surface area contributed by atoms with E-state index in [1.807, 2.05) is 61.5 Å². The van der Waals surface area contributed by atoms with Crippen molar-refractivity contribution in [3.05, 3.63) is 87.0 Å². The highest BCUT2D eigenvalue weighted by Crippen LogP contribution is 2.41. The molecule has 3 nitrogen and oxygen atoms in total. The molecule has 3 aromatic carbocycles. The summed E-state index contributed by atoms with van der Waals surface area (Å²) in [5.41, 5.74) is 3.19. The second kappa shape index (κ2) is 8.94. The van der Waals surface area contributed by atoms with Gasteiger partial charge in [-0.2, -0.15) is 0 Å². The molecule has 0 fully saturated rings. The lowest BCUT2D eigenvalue weighted by molar-refractivity contribution is 0.274. The van der Waals surface area contributed by atoms with E-state index in [-0.39, 0.29) is 0 Å². The number of halogens is 1. The van der Waals surface area contributed by atoms with Crippen LogP contribution in [0.5, 0.6) is 17.2 Å². The molecule has 0 aliphatic rings. The number of benzene rings is 3. The molecule has 0 bridgehead atoms. The molecule has 0 aromatic heterocycles. The Balaban J connectivity index is 1.79. The summed E-state index contributed by atoms with van der Waals surface area (Å²) in [6.07, 6.45) is 0. The van der Waals surface area contributed by atoms with Gasteiger partial charge >= 0.3 is 0 Å². The highest BCUT2D eigenvalue weighted by Gasteiger charge is 2.17. The van der Waals surface area contributed by atoms with E-state index in [0.717, 1.165) is 31.8 Å². The van der Waals surface area contributed by atoms with E-state index in [0.29, 0.717) is 19.0 Å². The van der Waals surface area contributed by atoms with Crippen molar-refractivity contribution in [3.63, 3.8) is 0 Å². The first kappa shape index (κ1) is 18.6. The molecule has 4 heteroatoms. The van der Waals surface area contributed by atoms with Gasteiger partial charge in [-0.25, -0.2) is 0 Å². The molecule has 0 aliphatic carbocycles. The Hall–Kier alpha value is -2.21. The summed E-state index contributed by atoms with van der Waals surface area (Å²) in [5.74, 6) is 2.27. The normalized spacial score (nSPS) is 10.4. The van der Waals surface area contributed by atoms with Crippen LogP contribution in [-0.4, -0.2) is 7.11 Å². The second-order valence-corrected chi connectivity index (χ2v) is 7.05. The number of rotatable bonds is 7. The van der Waals surface area contributed by atoms with Crippen molar-refractivity contribution < 1.29 is 14.2 Å². The van der Waals surface area contributed by atoms with Crippen LogP contribution >= 0.6 is 22.6 Å². The molecule has 0 spiro atoms. The van der Waals surface area contributed by atoms with Crippen LogP contribution < -0.4 is 14.2 Å². The molecule has 3 rings (SSSR count). The maximum atomic E-state index is 6.07. The summed E-state index contributed by atoms with van der Waals surface area (Å²) in [6.45, 7) is 3.01. The molecule has 0 amide bonds. The quantitative estimate of drug-likeness (QED) is 0.420. The molecule has 0 unspecified atom stereocenters. The predicted octanol–water partition coefficient (Wildman–Crippen LogP) is 5.77. The van der Waals surface area contributed by atoms with Crippen molar-refractivity contribution in [1.29, 1.82) is 0 Å². The van der Waals surface area contributed by atoms with E-state index >= 15 is 0 Å². The third kappa shape index (κ3) is 4.49. The van der Waals surface area contributed by atoms with E-state index in [9.17, 15) is 0 Å². The SMILES string of the molecule is COc1c(OCc2ccccc2)cc(I)c(OCc2ccccc2)c1C. The summed E-state index contributed by atoms with van der Waals surface area (Å²) in [7, 11) is 1.66. The molecule has 134 valence electrons. The van der Waals surface area contributed by atoms with Gasteiger partial charge in [0.05, 0.1) is 10.7 Å². The summed E-state index contributed by atoms with van der Waals surface area (Å²) in [6, 6.07) is 22.2. The van der Waals surface area contributed by atoms with Crippen LogP contribution in [0.25, 0.3) is 0 Å². The molecule has 3 aromatic rings. The Labute approximate surface area is 168 Å². The maximum Gasteiger partial charge on any atom is 0.167 e. The topological polar surface area (TPSA) is 27.7 Å². The van der Waals surface area contributed by atoms with Crippen molar-refractivity contribution >= 4 is 22.6 Å². The number of ether oxygens (including phenoxy) is 3. The monoisotopic (exact) mass is 460 g/mol. The minimum absolute atomic E-state index is 0.497. The van der Waals surface area contributed by atoms with E-state index in [1.165, 1.54) is 0 Å². The molecule has 0 saturated carbocycles. The van der Waals surface area contributed by atoms with Gasteiger partial charge in [0.2, 0.25) is 0 Å². The van der Waals surface area contributed by atoms with Gasteiger partial charge in [-0.3, -0.25) is 0 Å². The van der Waals surface area contributed by atoms with Crippen LogP contribution in [0.4, 0.5) is 0 Å². The molecule has 0 radical (unpaired) electrons. The summed E-state index contributed by atoms with van der Waals surface area (Å²) >= 11 is 2.28. The van der Waals surface area contributed by atoms with E-state index in [1.54, 1.807) is 7.11 Å². The summed E-state index contributed by atoms with van der Waals surface area (Å²) in [5, 5.41) is 0. The highest BCUT2D eigenvalue weighted by molar-refractivity contribution is 14.1. The Morgan fingerprint density at radius 2 is 1.31 bits per heavy atom. The molecular formula is C22H21IO3. The minimum atomic E-state index is 0.497. The zero-order valence-electron chi connectivity index (χ0n) is 14.9. The number of methoxy groups -OCH3 is 1. The number of hydrogen-bond donors (Lipinski definition) is 0. The molecule has 26 heavy (non-hydrogen) atoms. The standard InChI is InChI=1S/C22H21IO3/c1-16-21(26-15-18-11-7-4-8-12-18)19(23)13-20(22(16)24-2)25-14-17-9-5-3-6-10-17/h3-13H,14-15H2,1-2H3. The van der Waals surface area contributed by atoms with Gasteiger partial charge in [0.25, 0.3) is 0 Å². The van der Waals surface area contributed by atoms with Crippen LogP contribution in [0, 0.1) is 10.5 Å². The first-order valence-electron chi connectivity index (χ1n) is 8.39. The summed E-state index contributed by atoms with van der Waals surface area (Å²) < 4.78 is 18.7. The molecule has 0 saturated heterocycles. The minimum Gasteiger partial charge on any atom is -0.492 e. The zero-order valence-corrected chi connectivity index (χ0v) is 17.0. The van der Waals surface area contributed by atoms with Gasteiger partial charge < -0.3 is 14.2 Å². The largest absolute Gasteiger partial charge is 0.492 e. The van der Waals surface area contributed by atoms with Crippen LogP contribution in [0.15, 0.2) is 66.7 Å². The lowest BCUT2D eigenvalue weighted by Gasteiger charge is -2.18. The van der Waals surface area contributed by atoms with Gasteiger partial charge in [0.15, 0.2) is 11.5 Å². The van der Waals surface area contributed by atoms with Crippen molar-refractivity contribution in [1.82, 2.24) is 0 Å². The van der Waals surface area contributed by atoms with Crippen molar-refractivity contribution in [2.45, 2.75) is 20.1 Å². The first-order chi connectivity index (χ1) is 12.7. The van der Waals surface area contributed by atoms with Gasteiger partial charge in [-0.05, 0) is 40.6 Å². The van der Waals surface area contributed by atoms with Crippen LogP contribution in [0.3, 0.4) is 0 Å². The molecule has 0 aliphatic heterocycles.